The van der Waals surface area contributed by atoms with E-state index in [-0.39, 0.29) is 5.78 Å². The molecule has 0 unspecified atom stereocenters. The minimum absolute atomic E-state index is 0.168. The molecule has 2 rings (SSSR count). The number of benzene rings is 2. The second-order valence-corrected chi connectivity index (χ2v) is 4.73. The topological polar surface area (TPSA) is 43.4 Å². The molecule has 0 radical (unpaired) electrons. The van der Waals surface area contributed by atoms with Crippen LogP contribution in [0.2, 0.25) is 0 Å². The molecule has 0 bridgehead atoms. The van der Waals surface area contributed by atoms with Gasteiger partial charge in [-0.15, -0.1) is 0 Å². The van der Waals surface area contributed by atoms with Crippen LogP contribution in [0.1, 0.15) is 46.0 Å². The van der Waals surface area contributed by atoms with Gasteiger partial charge in [-0.25, -0.2) is 4.79 Å². The maximum absolute atomic E-state index is 12.5. The van der Waals surface area contributed by atoms with E-state index in [9.17, 15) is 9.59 Å². The highest BCUT2D eigenvalue weighted by atomic mass is 16.5. The molecule has 108 valence electrons. The molecule has 3 heteroatoms. The van der Waals surface area contributed by atoms with Crippen LogP contribution >= 0.6 is 0 Å². The van der Waals surface area contributed by atoms with Gasteiger partial charge < -0.3 is 4.74 Å². The van der Waals surface area contributed by atoms with Crippen LogP contribution < -0.4 is 0 Å². The number of esters is 1. The van der Waals surface area contributed by atoms with E-state index in [1.807, 2.05) is 13.0 Å². The van der Waals surface area contributed by atoms with Crippen LogP contribution in [0.5, 0.6) is 0 Å². The average Bonchev–Trinajstić information content (AvgIpc) is 2.55. The predicted octanol–water partition coefficient (Wildman–Crippen LogP) is 3.87. The van der Waals surface area contributed by atoms with Crippen LogP contribution in [0.4, 0.5) is 0 Å². The summed E-state index contributed by atoms with van der Waals surface area (Å²) in [6.07, 6.45) is 1.78. The highest BCUT2D eigenvalue weighted by molar-refractivity contribution is 6.14. The largest absolute Gasteiger partial charge is 0.462 e. The van der Waals surface area contributed by atoms with E-state index in [2.05, 4.69) is 0 Å². The van der Waals surface area contributed by atoms with Crippen molar-refractivity contribution in [1.82, 2.24) is 0 Å². The molecule has 0 aliphatic heterocycles. The molecule has 0 saturated carbocycles. The van der Waals surface area contributed by atoms with Crippen molar-refractivity contribution in [2.24, 2.45) is 0 Å². The molecule has 0 fully saturated rings. The predicted molar refractivity (Wildman–Crippen MR) is 81.5 cm³/mol. The van der Waals surface area contributed by atoms with Gasteiger partial charge in [0.15, 0.2) is 5.78 Å². The molecule has 0 amide bonds. The molecule has 21 heavy (non-hydrogen) atoms. The van der Waals surface area contributed by atoms with Gasteiger partial charge in [-0.1, -0.05) is 61.9 Å². The Hall–Kier alpha value is -2.42. The normalized spacial score (nSPS) is 10.1. The summed E-state index contributed by atoms with van der Waals surface area (Å²) in [5.74, 6) is -0.609. The first-order chi connectivity index (χ1) is 10.2. The average molecular weight is 282 g/mol. The highest BCUT2D eigenvalue weighted by Crippen LogP contribution is 2.16. The number of ether oxygens (including phenoxy) is 1. The minimum atomic E-state index is -0.441. The van der Waals surface area contributed by atoms with Gasteiger partial charge in [0.2, 0.25) is 0 Å². The Labute approximate surface area is 124 Å². The Morgan fingerprint density at radius 3 is 2.19 bits per heavy atom. The minimum Gasteiger partial charge on any atom is -0.462 e. The monoisotopic (exact) mass is 282 g/mol. The summed E-state index contributed by atoms with van der Waals surface area (Å²) >= 11 is 0. The molecule has 0 atom stereocenters. The number of hydrogen-bond donors (Lipinski definition) is 0. The molecule has 0 heterocycles. The van der Waals surface area contributed by atoms with E-state index < -0.39 is 5.97 Å². The van der Waals surface area contributed by atoms with Gasteiger partial charge in [0.1, 0.15) is 0 Å². The molecule has 0 aromatic heterocycles. The lowest BCUT2D eigenvalue weighted by Crippen LogP contribution is -2.13. The molecule has 0 aliphatic rings. The van der Waals surface area contributed by atoms with Crippen molar-refractivity contribution < 1.29 is 14.3 Å². The third-order valence-corrected chi connectivity index (χ3v) is 3.16. The van der Waals surface area contributed by atoms with Crippen molar-refractivity contribution in [3.63, 3.8) is 0 Å². The summed E-state index contributed by atoms with van der Waals surface area (Å²) in [5.41, 5.74) is 1.26. The summed E-state index contributed by atoms with van der Waals surface area (Å²) in [6, 6.07) is 15.7. The maximum atomic E-state index is 12.5. The van der Waals surface area contributed by atoms with Crippen LogP contribution in [0.15, 0.2) is 54.6 Å². The first-order valence-corrected chi connectivity index (χ1v) is 7.10. The Bertz CT molecular complexity index is 617. The van der Waals surface area contributed by atoms with Crippen LogP contribution in [0.3, 0.4) is 0 Å². The second-order valence-electron chi connectivity index (χ2n) is 4.73. The lowest BCUT2D eigenvalue weighted by molar-refractivity contribution is 0.0497. The fraction of sp³-hybridized carbons (Fsp3) is 0.222. The third-order valence-electron chi connectivity index (χ3n) is 3.16. The molecular formula is C18H18O3. The van der Waals surface area contributed by atoms with Crippen LogP contribution in [0, 0.1) is 0 Å². The fourth-order valence-electron chi connectivity index (χ4n) is 1.99. The van der Waals surface area contributed by atoms with E-state index in [0.29, 0.717) is 23.3 Å². The van der Waals surface area contributed by atoms with Gasteiger partial charge >= 0.3 is 5.97 Å². The van der Waals surface area contributed by atoms with Crippen molar-refractivity contribution in [1.29, 1.82) is 0 Å². The molecule has 0 aliphatic carbocycles. The van der Waals surface area contributed by atoms with Crippen LogP contribution in [-0.2, 0) is 4.74 Å². The second kappa shape index (κ2) is 7.39. The number of rotatable bonds is 6. The zero-order valence-corrected chi connectivity index (χ0v) is 12.0. The summed E-state index contributed by atoms with van der Waals surface area (Å²) < 4.78 is 5.20. The summed E-state index contributed by atoms with van der Waals surface area (Å²) in [7, 11) is 0. The number of ketones is 1. The zero-order chi connectivity index (χ0) is 15.1. The molecule has 2 aromatic carbocycles. The lowest BCUT2D eigenvalue weighted by Gasteiger charge is -2.08. The number of carbonyl (C=O) groups excluding carboxylic acids is 2. The Morgan fingerprint density at radius 2 is 1.52 bits per heavy atom. The smallest absolute Gasteiger partial charge is 0.338 e. The highest BCUT2D eigenvalue weighted by Gasteiger charge is 2.18. The number of unbranched alkanes of at least 4 members (excludes halogenated alkanes) is 1. The van der Waals surface area contributed by atoms with E-state index in [4.69, 9.17) is 4.74 Å². The first kappa shape index (κ1) is 15.0. The quantitative estimate of drug-likeness (QED) is 0.459. The van der Waals surface area contributed by atoms with Gasteiger partial charge in [-0.3, -0.25) is 4.79 Å². The van der Waals surface area contributed by atoms with Crippen LogP contribution in [-0.4, -0.2) is 18.4 Å². The number of hydrogen-bond acceptors (Lipinski definition) is 3. The summed E-state index contributed by atoms with van der Waals surface area (Å²) in [5, 5.41) is 0. The standard InChI is InChI=1S/C18H18O3/c1-2-3-13-21-18(20)16-12-8-7-11-15(16)17(19)14-9-5-4-6-10-14/h4-12H,2-3,13H2,1H3. The Morgan fingerprint density at radius 1 is 0.905 bits per heavy atom. The van der Waals surface area contributed by atoms with Crippen molar-refractivity contribution in [2.45, 2.75) is 19.8 Å². The molecule has 0 saturated heterocycles. The third kappa shape index (κ3) is 3.78. The summed E-state index contributed by atoms with van der Waals surface area (Å²) in [6.45, 7) is 2.41. The van der Waals surface area contributed by atoms with Gasteiger partial charge in [-0.2, -0.15) is 0 Å². The first-order valence-electron chi connectivity index (χ1n) is 7.10. The SMILES string of the molecule is CCCCOC(=O)c1ccccc1C(=O)c1ccccc1. The molecule has 3 nitrogen and oxygen atoms in total. The van der Waals surface area contributed by atoms with Gasteiger partial charge in [0.05, 0.1) is 12.2 Å². The Balaban J connectivity index is 2.25. The molecule has 0 N–H and O–H groups in total. The van der Waals surface area contributed by atoms with E-state index in [1.54, 1.807) is 48.5 Å². The van der Waals surface area contributed by atoms with Gasteiger partial charge in [0, 0.05) is 11.1 Å². The van der Waals surface area contributed by atoms with Crippen molar-refractivity contribution in [3.8, 4) is 0 Å². The lowest BCUT2D eigenvalue weighted by atomic mass is 9.98. The molecule has 0 spiro atoms. The number of carbonyl (C=O) groups is 2. The van der Waals surface area contributed by atoms with E-state index in [0.717, 1.165) is 12.8 Å². The fourth-order valence-corrected chi connectivity index (χ4v) is 1.99. The van der Waals surface area contributed by atoms with E-state index in [1.165, 1.54) is 0 Å². The van der Waals surface area contributed by atoms with Crippen molar-refractivity contribution >= 4 is 11.8 Å². The van der Waals surface area contributed by atoms with E-state index >= 15 is 0 Å². The van der Waals surface area contributed by atoms with Crippen molar-refractivity contribution in [3.05, 3.63) is 71.3 Å². The zero-order valence-electron chi connectivity index (χ0n) is 12.0. The maximum Gasteiger partial charge on any atom is 0.338 e. The van der Waals surface area contributed by atoms with Crippen LogP contribution in [0.25, 0.3) is 0 Å². The Kier molecular flexibility index (Phi) is 5.27. The van der Waals surface area contributed by atoms with Crippen molar-refractivity contribution in [2.75, 3.05) is 6.61 Å². The molecular weight excluding hydrogens is 264 g/mol. The molecule has 2 aromatic rings. The van der Waals surface area contributed by atoms with Gasteiger partial charge in [-0.05, 0) is 12.5 Å². The van der Waals surface area contributed by atoms with Gasteiger partial charge in [0.25, 0.3) is 0 Å². The summed E-state index contributed by atoms with van der Waals surface area (Å²) in [4.78, 5) is 24.6.